The van der Waals surface area contributed by atoms with Crippen molar-refractivity contribution in [2.45, 2.75) is 12.7 Å². The second kappa shape index (κ2) is 9.77. The van der Waals surface area contributed by atoms with E-state index in [1.165, 1.54) is 19.2 Å². The molecule has 0 aliphatic rings. The highest BCUT2D eigenvalue weighted by atomic mass is 19.4. The van der Waals surface area contributed by atoms with Gasteiger partial charge in [-0.3, -0.25) is 14.2 Å². The molecular weight excluding hydrogens is 448 g/mol. The molecule has 0 saturated heterocycles. The molecule has 33 heavy (non-hydrogen) atoms. The zero-order valence-corrected chi connectivity index (χ0v) is 17.2. The minimum absolute atomic E-state index is 0.0494. The van der Waals surface area contributed by atoms with E-state index in [-0.39, 0.29) is 25.4 Å². The van der Waals surface area contributed by atoms with Gasteiger partial charge in [0.05, 0.1) is 24.4 Å². The first-order valence-electron chi connectivity index (χ1n) is 9.55. The second-order valence-corrected chi connectivity index (χ2v) is 6.85. The van der Waals surface area contributed by atoms with Crippen LogP contribution in [-0.2, 0) is 17.5 Å². The summed E-state index contributed by atoms with van der Waals surface area (Å²) in [6.07, 6.45) is -4.59. The standard InChI is InChI=1S/C21H18F4N4O4/c1-33-11-10-26-18(30)17-19(31)28(12-13-2-6-15(22)7-3-13)20(32)29(27-17)16-8-4-14(5-9-16)21(23,24)25/h2-9H,10-12H2,1H3,(H,26,30). The number of hydrogen-bond donors (Lipinski definition) is 1. The predicted octanol–water partition coefficient (Wildman–Crippen LogP) is 1.98. The Hall–Kier alpha value is -3.80. The van der Waals surface area contributed by atoms with Gasteiger partial charge >= 0.3 is 11.9 Å². The molecular formula is C21H18F4N4O4. The lowest BCUT2D eigenvalue weighted by Crippen LogP contribution is -2.46. The molecule has 1 aromatic heterocycles. The fourth-order valence-electron chi connectivity index (χ4n) is 2.88. The number of hydrogen-bond acceptors (Lipinski definition) is 5. The highest BCUT2D eigenvalue weighted by Crippen LogP contribution is 2.29. The third-order valence-electron chi connectivity index (χ3n) is 4.56. The first kappa shape index (κ1) is 23.9. The SMILES string of the molecule is COCCNC(=O)c1nn(-c2ccc(C(F)(F)F)cc2)c(=O)n(Cc2ccc(F)cc2)c1=O. The third kappa shape index (κ3) is 5.52. The average Bonchev–Trinajstić information content (AvgIpc) is 2.77. The maximum Gasteiger partial charge on any atom is 0.416 e. The lowest BCUT2D eigenvalue weighted by Gasteiger charge is -2.13. The van der Waals surface area contributed by atoms with E-state index < -0.39 is 40.4 Å². The van der Waals surface area contributed by atoms with Crippen molar-refractivity contribution in [2.24, 2.45) is 0 Å². The molecule has 0 fully saturated rings. The Morgan fingerprint density at radius 3 is 2.27 bits per heavy atom. The Morgan fingerprint density at radius 2 is 1.70 bits per heavy atom. The van der Waals surface area contributed by atoms with Gasteiger partial charge in [0, 0.05) is 13.7 Å². The van der Waals surface area contributed by atoms with Gasteiger partial charge in [0.1, 0.15) is 5.82 Å². The number of halogens is 4. The quantitative estimate of drug-likeness (QED) is 0.425. The van der Waals surface area contributed by atoms with Gasteiger partial charge in [0.25, 0.3) is 11.5 Å². The van der Waals surface area contributed by atoms with Gasteiger partial charge in [0.2, 0.25) is 5.69 Å². The lowest BCUT2D eigenvalue weighted by atomic mass is 10.2. The smallest absolute Gasteiger partial charge is 0.383 e. The van der Waals surface area contributed by atoms with Crippen LogP contribution in [0, 0.1) is 5.82 Å². The van der Waals surface area contributed by atoms with Crippen molar-refractivity contribution in [1.82, 2.24) is 19.7 Å². The number of alkyl halides is 3. The number of methoxy groups -OCH3 is 1. The number of carbonyl (C=O) groups is 1. The molecule has 0 spiro atoms. The van der Waals surface area contributed by atoms with Crippen LogP contribution < -0.4 is 16.6 Å². The van der Waals surface area contributed by atoms with E-state index >= 15 is 0 Å². The van der Waals surface area contributed by atoms with Crippen LogP contribution >= 0.6 is 0 Å². The Morgan fingerprint density at radius 1 is 1.06 bits per heavy atom. The monoisotopic (exact) mass is 466 g/mol. The minimum Gasteiger partial charge on any atom is -0.383 e. The van der Waals surface area contributed by atoms with Crippen LogP contribution in [0.5, 0.6) is 0 Å². The normalized spacial score (nSPS) is 11.4. The van der Waals surface area contributed by atoms with Crippen molar-refractivity contribution in [1.29, 1.82) is 0 Å². The van der Waals surface area contributed by atoms with Gasteiger partial charge in [-0.2, -0.15) is 23.0 Å². The molecule has 3 rings (SSSR count). The minimum atomic E-state index is -4.59. The van der Waals surface area contributed by atoms with Crippen molar-refractivity contribution >= 4 is 5.91 Å². The Labute approximate surface area is 184 Å². The van der Waals surface area contributed by atoms with Gasteiger partial charge in [-0.1, -0.05) is 12.1 Å². The number of aromatic nitrogens is 3. The first-order valence-corrected chi connectivity index (χ1v) is 9.55. The summed E-state index contributed by atoms with van der Waals surface area (Å²) in [6.45, 7) is -0.124. The first-order chi connectivity index (χ1) is 15.6. The van der Waals surface area contributed by atoms with Crippen molar-refractivity contribution in [3.05, 3.63) is 92.0 Å². The molecule has 8 nitrogen and oxygen atoms in total. The second-order valence-electron chi connectivity index (χ2n) is 6.85. The van der Waals surface area contributed by atoms with E-state index in [0.717, 1.165) is 36.4 Å². The summed E-state index contributed by atoms with van der Waals surface area (Å²) in [6, 6.07) is 8.45. The highest BCUT2D eigenvalue weighted by molar-refractivity contribution is 5.91. The fraction of sp³-hybridized carbons (Fsp3) is 0.238. The van der Waals surface area contributed by atoms with Crippen molar-refractivity contribution in [2.75, 3.05) is 20.3 Å². The third-order valence-corrected chi connectivity index (χ3v) is 4.56. The van der Waals surface area contributed by atoms with E-state index in [1.807, 2.05) is 0 Å². The van der Waals surface area contributed by atoms with Crippen LogP contribution in [0.25, 0.3) is 5.69 Å². The summed E-state index contributed by atoms with van der Waals surface area (Å²) in [7, 11) is 1.41. The molecule has 1 N–H and O–H groups in total. The number of ether oxygens (including phenoxy) is 1. The van der Waals surface area contributed by atoms with Gasteiger partial charge in [0.15, 0.2) is 0 Å². The molecule has 0 atom stereocenters. The number of amides is 1. The molecule has 0 bridgehead atoms. The predicted molar refractivity (Wildman–Crippen MR) is 109 cm³/mol. The van der Waals surface area contributed by atoms with E-state index in [9.17, 15) is 31.9 Å². The average molecular weight is 466 g/mol. The molecule has 0 radical (unpaired) electrons. The Balaban J connectivity index is 2.12. The van der Waals surface area contributed by atoms with Crippen LogP contribution in [0.4, 0.5) is 17.6 Å². The zero-order valence-electron chi connectivity index (χ0n) is 17.2. The molecule has 0 saturated carbocycles. The molecule has 0 aliphatic heterocycles. The molecule has 1 amide bonds. The van der Waals surface area contributed by atoms with Crippen molar-refractivity contribution < 1.29 is 27.1 Å². The molecule has 2 aromatic carbocycles. The van der Waals surface area contributed by atoms with Crippen LogP contribution in [0.3, 0.4) is 0 Å². The maximum absolute atomic E-state index is 13.2. The van der Waals surface area contributed by atoms with Crippen molar-refractivity contribution in [3.8, 4) is 5.69 Å². The van der Waals surface area contributed by atoms with E-state index in [0.29, 0.717) is 14.8 Å². The summed E-state index contributed by atoms with van der Waals surface area (Å²) in [5.74, 6) is -1.42. The molecule has 1 heterocycles. The fourth-order valence-corrected chi connectivity index (χ4v) is 2.88. The molecule has 3 aromatic rings. The summed E-state index contributed by atoms with van der Waals surface area (Å²) in [4.78, 5) is 38.4. The number of carbonyl (C=O) groups excluding carboxylic acids is 1. The Kier molecular flexibility index (Phi) is 7.07. The zero-order chi connectivity index (χ0) is 24.2. The van der Waals surface area contributed by atoms with Crippen LogP contribution in [0.1, 0.15) is 21.6 Å². The molecule has 0 unspecified atom stereocenters. The maximum atomic E-state index is 13.2. The van der Waals surface area contributed by atoms with Crippen LogP contribution in [0.2, 0.25) is 0 Å². The summed E-state index contributed by atoms with van der Waals surface area (Å²) >= 11 is 0. The van der Waals surface area contributed by atoms with Gasteiger partial charge in [-0.05, 0) is 42.0 Å². The molecule has 0 aliphatic carbocycles. The topological polar surface area (TPSA) is 95.2 Å². The summed E-state index contributed by atoms with van der Waals surface area (Å²) in [5.41, 5.74) is -3.30. The number of rotatable bonds is 7. The van der Waals surface area contributed by atoms with E-state index in [2.05, 4.69) is 10.4 Å². The highest BCUT2D eigenvalue weighted by Gasteiger charge is 2.30. The number of nitrogens with one attached hydrogen (secondary N) is 1. The lowest BCUT2D eigenvalue weighted by molar-refractivity contribution is -0.137. The van der Waals surface area contributed by atoms with Crippen LogP contribution in [-0.4, -0.2) is 40.5 Å². The van der Waals surface area contributed by atoms with E-state index in [4.69, 9.17) is 4.74 Å². The molecule has 174 valence electrons. The summed E-state index contributed by atoms with van der Waals surface area (Å²) in [5, 5.41) is 6.22. The summed E-state index contributed by atoms with van der Waals surface area (Å²) < 4.78 is 58.1. The van der Waals surface area contributed by atoms with Crippen LogP contribution in [0.15, 0.2) is 58.1 Å². The Bertz CT molecular complexity index is 1250. The van der Waals surface area contributed by atoms with Gasteiger partial charge < -0.3 is 10.1 Å². The molecule has 12 heteroatoms. The number of nitrogens with zero attached hydrogens (tertiary/aromatic N) is 3. The van der Waals surface area contributed by atoms with Crippen molar-refractivity contribution in [3.63, 3.8) is 0 Å². The number of benzene rings is 2. The largest absolute Gasteiger partial charge is 0.416 e. The van der Waals surface area contributed by atoms with Gasteiger partial charge in [-0.25, -0.2) is 9.18 Å². The van der Waals surface area contributed by atoms with Gasteiger partial charge in [-0.15, -0.1) is 0 Å². The van der Waals surface area contributed by atoms with E-state index in [1.54, 1.807) is 0 Å².